The Morgan fingerprint density at radius 2 is 1.03 bits per heavy atom. The molecule has 0 radical (unpaired) electrons. The van der Waals surface area contributed by atoms with E-state index in [1.807, 2.05) is 0 Å². The number of rotatable bonds is 21. The van der Waals surface area contributed by atoms with Crippen LogP contribution in [0.4, 0.5) is 0 Å². The SMILES string of the molecule is CCCCCCCCCCCCCCCC(=O)OC(CC(C)C)CC(C)CC(C)C. The van der Waals surface area contributed by atoms with Crippen LogP contribution in [-0.4, -0.2) is 12.1 Å². The monoisotopic (exact) mass is 424 g/mol. The molecule has 180 valence electrons. The van der Waals surface area contributed by atoms with E-state index in [2.05, 4.69) is 41.5 Å². The normalized spacial score (nSPS) is 13.7. The number of esters is 1. The van der Waals surface area contributed by atoms with Crippen LogP contribution in [0.15, 0.2) is 0 Å². The number of ether oxygens (including phenoxy) is 1. The van der Waals surface area contributed by atoms with Gasteiger partial charge in [-0.05, 0) is 43.4 Å². The zero-order valence-corrected chi connectivity index (χ0v) is 21.6. The van der Waals surface area contributed by atoms with Gasteiger partial charge in [0.15, 0.2) is 0 Å². The van der Waals surface area contributed by atoms with Crippen LogP contribution in [-0.2, 0) is 9.53 Å². The molecule has 2 unspecified atom stereocenters. The van der Waals surface area contributed by atoms with E-state index in [1.54, 1.807) is 0 Å². The molecule has 0 saturated heterocycles. The lowest BCUT2D eigenvalue weighted by atomic mass is 9.91. The Balaban J connectivity index is 3.73. The average Bonchev–Trinajstić information content (AvgIpc) is 2.64. The molecule has 2 heteroatoms. The van der Waals surface area contributed by atoms with Crippen LogP contribution in [0.5, 0.6) is 0 Å². The lowest BCUT2D eigenvalue weighted by Crippen LogP contribution is -2.23. The van der Waals surface area contributed by atoms with Gasteiger partial charge in [-0.1, -0.05) is 119 Å². The van der Waals surface area contributed by atoms with Gasteiger partial charge in [-0.15, -0.1) is 0 Å². The summed E-state index contributed by atoms with van der Waals surface area (Å²) in [6.07, 6.45) is 21.3. The number of carbonyl (C=O) groups excluding carboxylic acids is 1. The van der Waals surface area contributed by atoms with Crippen LogP contribution in [0.2, 0.25) is 0 Å². The summed E-state index contributed by atoms with van der Waals surface area (Å²) in [6.45, 7) is 13.6. The maximum absolute atomic E-state index is 12.3. The molecule has 0 aromatic rings. The van der Waals surface area contributed by atoms with Crippen LogP contribution in [0.25, 0.3) is 0 Å². The molecule has 0 aromatic carbocycles. The fraction of sp³-hybridized carbons (Fsp3) is 0.964. The summed E-state index contributed by atoms with van der Waals surface area (Å²) < 4.78 is 5.88. The third kappa shape index (κ3) is 20.7. The molecular weight excluding hydrogens is 368 g/mol. The summed E-state index contributed by atoms with van der Waals surface area (Å²) in [4.78, 5) is 12.3. The maximum atomic E-state index is 12.3. The number of hydrogen-bond acceptors (Lipinski definition) is 2. The Labute approximate surface area is 190 Å². The smallest absolute Gasteiger partial charge is 0.306 e. The van der Waals surface area contributed by atoms with Crippen LogP contribution >= 0.6 is 0 Å². The summed E-state index contributed by atoms with van der Waals surface area (Å²) in [7, 11) is 0. The summed E-state index contributed by atoms with van der Waals surface area (Å²) >= 11 is 0. The number of carbonyl (C=O) groups is 1. The number of hydrogen-bond donors (Lipinski definition) is 0. The molecule has 0 aliphatic rings. The summed E-state index contributed by atoms with van der Waals surface area (Å²) in [5.41, 5.74) is 0. The van der Waals surface area contributed by atoms with E-state index in [1.165, 1.54) is 83.5 Å². The molecule has 0 spiro atoms. The molecular formula is C28H56O2. The molecule has 0 saturated carbocycles. The van der Waals surface area contributed by atoms with Gasteiger partial charge in [0.1, 0.15) is 6.10 Å². The van der Waals surface area contributed by atoms with Crippen molar-refractivity contribution in [2.45, 2.75) is 157 Å². The van der Waals surface area contributed by atoms with Gasteiger partial charge in [0.2, 0.25) is 0 Å². The van der Waals surface area contributed by atoms with Crippen molar-refractivity contribution in [1.29, 1.82) is 0 Å². The Morgan fingerprint density at radius 1 is 0.600 bits per heavy atom. The Hall–Kier alpha value is -0.530. The van der Waals surface area contributed by atoms with Crippen molar-refractivity contribution < 1.29 is 9.53 Å². The first-order valence-electron chi connectivity index (χ1n) is 13.5. The molecule has 0 aromatic heterocycles. The van der Waals surface area contributed by atoms with Crippen molar-refractivity contribution in [1.82, 2.24) is 0 Å². The van der Waals surface area contributed by atoms with Crippen molar-refractivity contribution in [3.8, 4) is 0 Å². The molecule has 0 fully saturated rings. The second kappa shape index (κ2) is 20.4. The minimum Gasteiger partial charge on any atom is -0.462 e. The molecule has 0 amide bonds. The van der Waals surface area contributed by atoms with Crippen LogP contribution < -0.4 is 0 Å². The molecule has 0 aliphatic carbocycles. The molecule has 0 heterocycles. The van der Waals surface area contributed by atoms with Crippen LogP contribution in [0.3, 0.4) is 0 Å². The first-order chi connectivity index (χ1) is 14.3. The van der Waals surface area contributed by atoms with Gasteiger partial charge in [-0.2, -0.15) is 0 Å². The van der Waals surface area contributed by atoms with Gasteiger partial charge in [-0.3, -0.25) is 4.79 Å². The minimum atomic E-state index is 0.0282. The average molecular weight is 425 g/mol. The molecule has 30 heavy (non-hydrogen) atoms. The van der Waals surface area contributed by atoms with E-state index in [9.17, 15) is 4.79 Å². The Kier molecular flexibility index (Phi) is 20.0. The van der Waals surface area contributed by atoms with Crippen molar-refractivity contribution in [2.75, 3.05) is 0 Å². The fourth-order valence-corrected chi connectivity index (χ4v) is 4.60. The Bertz CT molecular complexity index is 375. The van der Waals surface area contributed by atoms with E-state index in [0.29, 0.717) is 24.2 Å². The summed E-state index contributed by atoms with van der Waals surface area (Å²) in [5, 5.41) is 0. The summed E-state index contributed by atoms with van der Waals surface area (Å²) in [5.74, 6) is 1.94. The standard InChI is InChI=1S/C28H56O2/c1-7-8-9-10-11-12-13-14-15-16-17-18-19-20-28(29)30-27(22-25(4)5)23-26(6)21-24(2)3/h24-27H,7-23H2,1-6H3. The highest BCUT2D eigenvalue weighted by Gasteiger charge is 2.19. The lowest BCUT2D eigenvalue weighted by Gasteiger charge is -2.24. The minimum absolute atomic E-state index is 0.0282. The van der Waals surface area contributed by atoms with E-state index in [4.69, 9.17) is 4.74 Å². The van der Waals surface area contributed by atoms with Crippen LogP contribution in [0.1, 0.15) is 151 Å². The maximum Gasteiger partial charge on any atom is 0.306 e. The van der Waals surface area contributed by atoms with Gasteiger partial charge in [0, 0.05) is 6.42 Å². The predicted octanol–water partition coefficient (Wildman–Crippen LogP) is 9.50. The zero-order valence-electron chi connectivity index (χ0n) is 21.6. The largest absolute Gasteiger partial charge is 0.462 e. The molecule has 2 atom stereocenters. The van der Waals surface area contributed by atoms with Gasteiger partial charge < -0.3 is 4.74 Å². The zero-order chi connectivity index (χ0) is 22.6. The first kappa shape index (κ1) is 29.5. The van der Waals surface area contributed by atoms with Crippen LogP contribution in [0, 0.1) is 17.8 Å². The van der Waals surface area contributed by atoms with Gasteiger partial charge >= 0.3 is 5.97 Å². The van der Waals surface area contributed by atoms with Crippen molar-refractivity contribution in [2.24, 2.45) is 17.8 Å². The predicted molar refractivity (Wildman–Crippen MR) is 133 cm³/mol. The van der Waals surface area contributed by atoms with E-state index in [-0.39, 0.29) is 12.1 Å². The highest BCUT2D eigenvalue weighted by Crippen LogP contribution is 2.22. The van der Waals surface area contributed by atoms with Crippen molar-refractivity contribution in [3.63, 3.8) is 0 Å². The molecule has 0 bridgehead atoms. The topological polar surface area (TPSA) is 26.3 Å². The van der Waals surface area contributed by atoms with E-state index >= 15 is 0 Å². The second-order valence-corrected chi connectivity index (χ2v) is 10.7. The third-order valence-corrected chi connectivity index (χ3v) is 6.06. The molecule has 0 aliphatic heterocycles. The fourth-order valence-electron chi connectivity index (χ4n) is 4.60. The van der Waals surface area contributed by atoms with Gasteiger partial charge in [0.05, 0.1) is 0 Å². The van der Waals surface area contributed by atoms with E-state index < -0.39 is 0 Å². The first-order valence-corrected chi connectivity index (χ1v) is 13.5. The number of unbranched alkanes of at least 4 members (excludes halogenated alkanes) is 12. The van der Waals surface area contributed by atoms with Gasteiger partial charge in [0.25, 0.3) is 0 Å². The van der Waals surface area contributed by atoms with E-state index in [0.717, 1.165) is 19.3 Å². The Morgan fingerprint density at radius 3 is 1.47 bits per heavy atom. The van der Waals surface area contributed by atoms with Crippen molar-refractivity contribution >= 4 is 5.97 Å². The highest BCUT2D eigenvalue weighted by molar-refractivity contribution is 5.69. The lowest BCUT2D eigenvalue weighted by molar-refractivity contribution is -0.150. The highest BCUT2D eigenvalue weighted by atomic mass is 16.5. The third-order valence-electron chi connectivity index (χ3n) is 6.06. The quantitative estimate of drug-likeness (QED) is 0.135. The molecule has 0 N–H and O–H groups in total. The second-order valence-electron chi connectivity index (χ2n) is 10.7. The van der Waals surface area contributed by atoms with Crippen molar-refractivity contribution in [3.05, 3.63) is 0 Å². The summed E-state index contributed by atoms with van der Waals surface area (Å²) in [6, 6.07) is 0. The molecule has 2 nitrogen and oxygen atoms in total. The molecule has 0 rings (SSSR count). The van der Waals surface area contributed by atoms with Gasteiger partial charge in [-0.25, -0.2) is 0 Å².